The normalized spacial score (nSPS) is 13.0. The van der Waals surface area contributed by atoms with Crippen LogP contribution in [0.15, 0.2) is 29.2 Å². The molecule has 0 saturated heterocycles. The van der Waals surface area contributed by atoms with Crippen molar-refractivity contribution in [2.24, 2.45) is 11.7 Å². The molecular formula is C15H25NS. The maximum Gasteiger partial charge on any atom is 0.0136 e. The molecule has 1 aromatic carbocycles. The molecule has 1 unspecified atom stereocenters. The van der Waals surface area contributed by atoms with Crippen LogP contribution in [0.1, 0.15) is 38.7 Å². The second-order valence-electron chi connectivity index (χ2n) is 4.80. The van der Waals surface area contributed by atoms with Crippen LogP contribution >= 0.6 is 11.8 Å². The molecule has 17 heavy (non-hydrogen) atoms. The Labute approximate surface area is 110 Å². The smallest absolute Gasteiger partial charge is 0.0136 e. The van der Waals surface area contributed by atoms with Crippen molar-refractivity contribution in [3.8, 4) is 0 Å². The lowest BCUT2D eigenvalue weighted by Gasteiger charge is -2.17. The molecule has 1 rings (SSSR count). The summed E-state index contributed by atoms with van der Waals surface area (Å²) in [7, 11) is 0. The number of thioether (sulfide) groups is 1. The quantitative estimate of drug-likeness (QED) is 0.733. The van der Waals surface area contributed by atoms with E-state index < -0.39 is 0 Å². The number of benzene rings is 1. The van der Waals surface area contributed by atoms with E-state index in [9.17, 15) is 0 Å². The van der Waals surface area contributed by atoms with Crippen LogP contribution in [0.4, 0.5) is 0 Å². The molecule has 0 saturated carbocycles. The van der Waals surface area contributed by atoms with Gasteiger partial charge in [-0.05, 0) is 31.4 Å². The minimum Gasteiger partial charge on any atom is -0.327 e. The number of nitrogens with two attached hydrogens (primary N) is 1. The maximum atomic E-state index is 6.18. The highest BCUT2D eigenvalue weighted by Crippen LogP contribution is 2.22. The highest BCUT2D eigenvalue weighted by molar-refractivity contribution is 7.99. The molecule has 0 aliphatic rings. The van der Waals surface area contributed by atoms with Gasteiger partial charge in [-0.2, -0.15) is 0 Å². The molecule has 2 N–H and O–H groups in total. The van der Waals surface area contributed by atoms with Crippen LogP contribution in [-0.4, -0.2) is 11.8 Å². The fraction of sp³-hybridized carbons (Fsp3) is 0.600. The number of hydrogen-bond donors (Lipinski definition) is 1. The molecule has 0 fully saturated rings. The molecule has 1 atom stereocenters. The van der Waals surface area contributed by atoms with Gasteiger partial charge < -0.3 is 5.73 Å². The Kier molecular flexibility index (Phi) is 6.68. The van der Waals surface area contributed by atoms with Crippen LogP contribution in [0.5, 0.6) is 0 Å². The molecule has 0 amide bonds. The van der Waals surface area contributed by atoms with E-state index in [0.29, 0.717) is 6.04 Å². The summed E-state index contributed by atoms with van der Waals surface area (Å²) < 4.78 is 0. The van der Waals surface area contributed by atoms with Gasteiger partial charge in [0.2, 0.25) is 0 Å². The van der Waals surface area contributed by atoms with Gasteiger partial charge in [0.1, 0.15) is 0 Å². The van der Waals surface area contributed by atoms with E-state index in [0.717, 1.165) is 18.1 Å². The second kappa shape index (κ2) is 7.78. The zero-order valence-corrected chi connectivity index (χ0v) is 12.1. The van der Waals surface area contributed by atoms with E-state index in [4.69, 9.17) is 5.73 Å². The number of aryl methyl sites for hydroxylation is 1. The number of rotatable bonds is 7. The molecular weight excluding hydrogens is 226 g/mol. The van der Waals surface area contributed by atoms with Gasteiger partial charge >= 0.3 is 0 Å². The molecule has 0 aromatic heterocycles. The van der Waals surface area contributed by atoms with E-state index in [1.54, 1.807) is 0 Å². The van der Waals surface area contributed by atoms with Gasteiger partial charge in [-0.3, -0.25) is 0 Å². The monoisotopic (exact) mass is 251 g/mol. The molecule has 0 radical (unpaired) electrons. The molecule has 0 spiro atoms. The maximum absolute atomic E-state index is 6.18. The lowest BCUT2D eigenvalue weighted by molar-refractivity contribution is 0.424. The van der Waals surface area contributed by atoms with Gasteiger partial charge in [0.25, 0.3) is 0 Å². The number of hydrogen-bond acceptors (Lipinski definition) is 2. The van der Waals surface area contributed by atoms with Crippen molar-refractivity contribution in [1.29, 1.82) is 0 Å². The molecule has 1 nitrogen and oxygen atoms in total. The van der Waals surface area contributed by atoms with Gasteiger partial charge in [-0.15, -0.1) is 11.8 Å². The topological polar surface area (TPSA) is 26.0 Å². The molecule has 0 bridgehead atoms. The summed E-state index contributed by atoms with van der Waals surface area (Å²) in [6.45, 7) is 6.63. The highest BCUT2D eigenvalue weighted by Gasteiger charge is 2.10. The van der Waals surface area contributed by atoms with Crippen LogP contribution in [0, 0.1) is 12.8 Å². The summed E-state index contributed by atoms with van der Waals surface area (Å²) in [6, 6.07) is 9.02. The van der Waals surface area contributed by atoms with E-state index >= 15 is 0 Å². The fourth-order valence-corrected chi connectivity index (χ4v) is 2.83. The second-order valence-corrected chi connectivity index (χ2v) is 5.90. The van der Waals surface area contributed by atoms with Gasteiger partial charge in [-0.1, -0.05) is 44.4 Å². The predicted octanol–water partition coefficient (Wildman–Crippen LogP) is 4.24. The highest BCUT2D eigenvalue weighted by atomic mass is 32.2. The zero-order chi connectivity index (χ0) is 12.7. The van der Waals surface area contributed by atoms with Crippen molar-refractivity contribution in [3.05, 3.63) is 29.8 Å². The van der Waals surface area contributed by atoms with Crippen LogP contribution < -0.4 is 5.73 Å². The summed E-state index contributed by atoms with van der Waals surface area (Å²) in [4.78, 5) is 1.33. The lowest BCUT2D eigenvalue weighted by atomic mass is 9.96. The molecule has 1 aromatic rings. The average Bonchev–Trinajstić information content (AvgIpc) is 2.35. The third-order valence-electron chi connectivity index (χ3n) is 3.28. The van der Waals surface area contributed by atoms with E-state index in [2.05, 4.69) is 45.0 Å². The van der Waals surface area contributed by atoms with Gasteiger partial charge in [-0.25, -0.2) is 0 Å². The van der Waals surface area contributed by atoms with Crippen LogP contribution in [-0.2, 0) is 0 Å². The Morgan fingerprint density at radius 2 is 1.71 bits per heavy atom. The van der Waals surface area contributed by atoms with Crippen molar-refractivity contribution in [1.82, 2.24) is 0 Å². The standard InChI is InChI=1S/C15H25NS/c1-4-13(5-2)10-14(16)11-17-15-8-6-12(3)7-9-15/h6-9,13-14H,4-5,10-11,16H2,1-3H3. The molecule has 0 aliphatic heterocycles. The first kappa shape index (κ1) is 14.6. The average molecular weight is 251 g/mol. The van der Waals surface area contributed by atoms with Crippen LogP contribution in [0.2, 0.25) is 0 Å². The molecule has 96 valence electrons. The zero-order valence-electron chi connectivity index (χ0n) is 11.3. The SMILES string of the molecule is CCC(CC)CC(N)CSc1ccc(C)cc1. The molecule has 0 heterocycles. The van der Waals surface area contributed by atoms with E-state index in [1.165, 1.54) is 23.3 Å². The van der Waals surface area contributed by atoms with Crippen molar-refractivity contribution >= 4 is 11.8 Å². The summed E-state index contributed by atoms with van der Waals surface area (Å²) in [6.07, 6.45) is 3.66. The lowest BCUT2D eigenvalue weighted by Crippen LogP contribution is -2.25. The third-order valence-corrected chi connectivity index (χ3v) is 4.48. The summed E-state index contributed by atoms with van der Waals surface area (Å²) in [5.41, 5.74) is 7.50. The Hall–Kier alpha value is -0.470. The van der Waals surface area contributed by atoms with Crippen molar-refractivity contribution in [2.75, 3.05) is 5.75 Å². The van der Waals surface area contributed by atoms with Gasteiger partial charge in [0.05, 0.1) is 0 Å². The van der Waals surface area contributed by atoms with Crippen molar-refractivity contribution in [3.63, 3.8) is 0 Å². The first-order chi connectivity index (χ1) is 8.15. The first-order valence-electron chi connectivity index (χ1n) is 6.60. The van der Waals surface area contributed by atoms with Gasteiger partial charge in [0.15, 0.2) is 0 Å². The summed E-state index contributed by atoms with van der Waals surface area (Å²) >= 11 is 1.88. The van der Waals surface area contributed by atoms with Crippen molar-refractivity contribution in [2.45, 2.75) is 51.0 Å². The largest absolute Gasteiger partial charge is 0.327 e. The first-order valence-corrected chi connectivity index (χ1v) is 7.59. The minimum atomic E-state index is 0.325. The van der Waals surface area contributed by atoms with E-state index in [1.807, 2.05) is 11.8 Å². The Morgan fingerprint density at radius 3 is 2.24 bits per heavy atom. The minimum absolute atomic E-state index is 0.325. The summed E-state index contributed by atoms with van der Waals surface area (Å²) in [5, 5.41) is 0. The fourth-order valence-electron chi connectivity index (χ4n) is 1.96. The van der Waals surface area contributed by atoms with Crippen LogP contribution in [0.3, 0.4) is 0 Å². The molecule has 0 aliphatic carbocycles. The Balaban J connectivity index is 2.32. The Morgan fingerprint density at radius 1 is 1.12 bits per heavy atom. The van der Waals surface area contributed by atoms with E-state index in [-0.39, 0.29) is 0 Å². The Bertz CT molecular complexity index is 303. The molecule has 2 heteroatoms. The third kappa shape index (κ3) is 5.60. The van der Waals surface area contributed by atoms with Gasteiger partial charge in [0, 0.05) is 16.7 Å². The van der Waals surface area contributed by atoms with Crippen LogP contribution in [0.25, 0.3) is 0 Å². The van der Waals surface area contributed by atoms with Crippen molar-refractivity contribution < 1.29 is 0 Å². The predicted molar refractivity (Wildman–Crippen MR) is 78.6 cm³/mol. The summed E-state index contributed by atoms with van der Waals surface area (Å²) in [5.74, 6) is 1.82.